The van der Waals surface area contributed by atoms with E-state index in [1.54, 1.807) is 30.2 Å². The summed E-state index contributed by atoms with van der Waals surface area (Å²) in [6, 6.07) is 11.1. The number of nitrogens with one attached hydrogen (secondary N) is 1. The van der Waals surface area contributed by atoms with Gasteiger partial charge in [0.15, 0.2) is 5.54 Å². The van der Waals surface area contributed by atoms with Crippen LogP contribution in [0.15, 0.2) is 36.4 Å². The van der Waals surface area contributed by atoms with Crippen molar-refractivity contribution in [1.82, 2.24) is 15.3 Å². The van der Waals surface area contributed by atoms with E-state index < -0.39 is 13.6 Å². The maximum absolute atomic E-state index is 13.5. The van der Waals surface area contributed by atoms with Crippen molar-refractivity contribution in [3.8, 4) is 11.5 Å². The Morgan fingerprint density at radius 1 is 1.18 bits per heavy atom. The highest BCUT2D eigenvalue weighted by Crippen LogP contribution is 2.38. The van der Waals surface area contributed by atoms with E-state index >= 15 is 0 Å². The zero-order chi connectivity index (χ0) is 24.7. The first kappa shape index (κ1) is 24.5. The van der Waals surface area contributed by atoms with Crippen molar-refractivity contribution in [1.29, 1.82) is 0 Å². The summed E-state index contributed by atoms with van der Waals surface area (Å²) in [4.78, 5) is 28.3. The molecule has 2 amide bonds. The molecule has 8 nitrogen and oxygen atoms in total. The SMILES string of the molecule is COc1ccc2c(c1)C(=O)N(C[C@@]1(c3ccc(O)c(Cl)c3)NN(COCC[Si](C)(C)C)C1=O)C2. The third kappa shape index (κ3) is 4.65. The van der Waals surface area contributed by atoms with Gasteiger partial charge in [0.25, 0.3) is 11.8 Å². The van der Waals surface area contributed by atoms with Crippen molar-refractivity contribution in [3.63, 3.8) is 0 Å². The average Bonchev–Trinajstić information content (AvgIpc) is 3.10. The third-order valence-electron chi connectivity index (χ3n) is 6.22. The number of phenolic OH excluding ortho intramolecular Hbond substituents is 1. The number of carbonyl (C=O) groups excluding carboxylic acids is 2. The second kappa shape index (κ2) is 9.22. The number of fused-ring (bicyclic) bond motifs is 1. The van der Waals surface area contributed by atoms with Crippen molar-refractivity contribution in [2.75, 3.05) is 27.0 Å². The monoisotopic (exact) mass is 503 g/mol. The van der Waals surface area contributed by atoms with Gasteiger partial charge in [0.05, 0.1) is 18.7 Å². The lowest BCUT2D eigenvalue weighted by atomic mass is 9.85. The van der Waals surface area contributed by atoms with E-state index in [1.807, 2.05) is 12.1 Å². The van der Waals surface area contributed by atoms with Gasteiger partial charge < -0.3 is 19.5 Å². The van der Waals surface area contributed by atoms with Gasteiger partial charge in [0.2, 0.25) is 0 Å². The van der Waals surface area contributed by atoms with E-state index in [0.717, 1.165) is 11.6 Å². The van der Waals surface area contributed by atoms with Crippen LogP contribution >= 0.6 is 11.6 Å². The third-order valence-corrected chi connectivity index (χ3v) is 8.22. The molecule has 2 aliphatic heterocycles. The molecule has 0 saturated carbocycles. The molecule has 2 heterocycles. The van der Waals surface area contributed by atoms with Crippen molar-refractivity contribution < 1.29 is 24.2 Å². The molecule has 0 radical (unpaired) electrons. The van der Waals surface area contributed by atoms with E-state index in [-0.39, 0.29) is 35.9 Å². The van der Waals surface area contributed by atoms with Gasteiger partial charge in [-0.2, -0.15) is 0 Å². The summed E-state index contributed by atoms with van der Waals surface area (Å²) in [6.45, 7) is 7.99. The molecule has 1 fully saturated rings. The van der Waals surface area contributed by atoms with E-state index in [9.17, 15) is 14.7 Å². The Morgan fingerprint density at radius 3 is 2.59 bits per heavy atom. The first-order valence-corrected chi connectivity index (χ1v) is 15.3. The second-order valence-corrected chi connectivity index (χ2v) is 16.0. The molecule has 2 aliphatic rings. The molecular formula is C24H30ClN3O5Si. The largest absolute Gasteiger partial charge is 0.506 e. The zero-order valence-electron chi connectivity index (χ0n) is 19.9. The minimum absolute atomic E-state index is 0.0735. The summed E-state index contributed by atoms with van der Waals surface area (Å²) in [5, 5.41) is 11.4. The highest BCUT2D eigenvalue weighted by molar-refractivity contribution is 6.76. The zero-order valence-corrected chi connectivity index (χ0v) is 21.6. The summed E-state index contributed by atoms with van der Waals surface area (Å²) in [7, 11) is 0.314. The number of ether oxygens (including phenoxy) is 2. The molecule has 10 heteroatoms. The van der Waals surface area contributed by atoms with Gasteiger partial charge in [-0.15, -0.1) is 0 Å². The highest BCUT2D eigenvalue weighted by Gasteiger charge is 2.55. The van der Waals surface area contributed by atoms with E-state index in [4.69, 9.17) is 21.1 Å². The van der Waals surface area contributed by atoms with Gasteiger partial charge in [-0.1, -0.05) is 43.4 Å². The number of halogens is 1. The van der Waals surface area contributed by atoms with Crippen molar-refractivity contribution in [3.05, 3.63) is 58.1 Å². The fraction of sp³-hybridized carbons (Fsp3) is 0.417. The number of amides is 2. The smallest absolute Gasteiger partial charge is 0.267 e. The molecule has 4 rings (SSSR count). The predicted molar refractivity (Wildman–Crippen MR) is 131 cm³/mol. The standard InChI is InChI=1S/C24H30ClN3O5Si/c1-32-18-7-5-16-13-27(22(30)19(16)12-18)14-24(17-6-8-21(29)20(25)11-17)23(31)28(26-24)15-33-9-10-34(2,3)4/h5-8,11-12,26,29H,9-10,13-15H2,1-4H3/t24-/m0/s1. The van der Waals surface area contributed by atoms with Crippen molar-refractivity contribution in [2.45, 2.75) is 37.8 Å². The molecule has 1 saturated heterocycles. The van der Waals surface area contributed by atoms with Crippen LogP contribution in [0.4, 0.5) is 0 Å². The number of carbonyl (C=O) groups is 2. The Labute approximate surface area is 205 Å². The Kier molecular flexibility index (Phi) is 6.65. The van der Waals surface area contributed by atoms with Crippen molar-refractivity contribution in [2.24, 2.45) is 0 Å². The summed E-state index contributed by atoms with van der Waals surface area (Å²) in [5.41, 5.74) is 4.03. The fourth-order valence-corrected chi connectivity index (χ4v) is 5.10. The van der Waals surface area contributed by atoms with Crippen LogP contribution in [0.2, 0.25) is 30.7 Å². The van der Waals surface area contributed by atoms with Gasteiger partial charge >= 0.3 is 0 Å². The number of benzene rings is 2. The molecule has 2 aromatic rings. The summed E-state index contributed by atoms with van der Waals surface area (Å²) in [5.74, 6) is 0.144. The van der Waals surface area contributed by atoms with E-state index in [2.05, 4.69) is 25.1 Å². The van der Waals surface area contributed by atoms with E-state index in [1.165, 1.54) is 11.1 Å². The van der Waals surface area contributed by atoms with Crippen LogP contribution in [-0.2, 0) is 21.6 Å². The first-order valence-electron chi connectivity index (χ1n) is 11.2. The molecule has 0 aromatic heterocycles. The van der Waals surface area contributed by atoms with Gasteiger partial charge in [0.1, 0.15) is 18.2 Å². The maximum Gasteiger partial charge on any atom is 0.267 e. The molecular weight excluding hydrogens is 474 g/mol. The molecule has 0 bridgehead atoms. The van der Waals surface area contributed by atoms with Gasteiger partial charge in [0, 0.05) is 26.8 Å². The highest BCUT2D eigenvalue weighted by atomic mass is 35.5. The van der Waals surface area contributed by atoms with Crippen LogP contribution in [-0.4, -0.2) is 61.9 Å². The molecule has 0 aliphatic carbocycles. The fourth-order valence-electron chi connectivity index (χ4n) is 4.17. The maximum atomic E-state index is 13.5. The second-order valence-electron chi connectivity index (χ2n) is 9.95. The lowest BCUT2D eigenvalue weighted by Gasteiger charge is -2.50. The predicted octanol–water partition coefficient (Wildman–Crippen LogP) is 3.56. The summed E-state index contributed by atoms with van der Waals surface area (Å²) < 4.78 is 11.0. The molecule has 2 aromatic carbocycles. The average molecular weight is 504 g/mol. The van der Waals surface area contributed by atoms with Gasteiger partial charge in [-0.25, -0.2) is 10.4 Å². The van der Waals surface area contributed by atoms with E-state index in [0.29, 0.717) is 30.0 Å². The number of hydrazine groups is 1. The van der Waals surface area contributed by atoms with Crippen LogP contribution in [0.3, 0.4) is 0 Å². The van der Waals surface area contributed by atoms with Crippen LogP contribution in [0, 0.1) is 0 Å². The van der Waals surface area contributed by atoms with Crippen LogP contribution in [0.5, 0.6) is 11.5 Å². The number of phenols is 1. The van der Waals surface area contributed by atoms with Gasteiger partial charge in [-0.05, 0) is 41.4 Å². The minimum Gasteiger partial charge on any atom is -0.506 e. The Balaban J connectivity index is 1.54. The number of rotatable bonds is 9. The first-order chi connectivity index (χ1) is 16.0. The Hall–Kier alpha value is -2.59. The quantitative estimate of drug-likeness (QED) is 0.401. The van der Waals surface area contributed by atoms with Crippen LogP contribution in [0.1, 0.15) is 21.5 Å². The topological polar surface area (TPSA) is 91.3 Å². The lowest BCUT2D eigenvalue weighted by Crippen LogP contribution is -2.76. The number of nitrogens with zero attached hydrogens (tertiary/aromatic N) is 2. The van der Waals surface area contributed by atoms with Crippen molar-refractivity contribution >= 4 is 31.5 Å². The number of hydrogen-bond acceptors (Lipinski definition) is 6. The number of aromatic hydroxyl groups is 1. The Bertz CT molecular complexity index is 1120. The number of hydrogen-bond donors (Lipinski definition) is 2. The van der Waals surface area contributed by atoms with Gasteiger partial charge in [-0.3, -0.25) is 9.59 Å². The van der Waals surface area contributed by atoms with Crippen LogP contribution in [0.25, 0.3) is 0 Å². The molecule has 2 N–H and O–H groups in total. The molecule has 0 unspecified atom stereocenters. The minimum atomic E-state index is -1.24. The number of methoxy groups -OCH3 is 1. The Morgan fingerprint density at radius 2 is 1.94 bits per heavy atom. The normalized spacial score (nSPS) is 19.9. The molecule has 34 heavy (non-hydrogen) atoms. The molecule has 1 atom stereocenters. The summed E-state index contributed by atoms with van der Waals surface area (Å²) in [6.07, 6.45) is 0. The van der Waals surface area contributed by atoms with Crippen LogP contribution < -0.4 is 10.2 Å². The molecule has 0 spiro atoms. The molecule has 182 valence electrons. The lowest BCUT2D eigenvalue weighted by molar-refractivity contribution is -0.179. The summed E-state index contributed by atoms with van der Waals surface area (Å²) >= 11 is 6.16.